The SMILES string of the molecule is COc1nc(C)cnc1NS(=O)(=O)c1cccnc1-c1ccc(NC(C)C)cc1. The average molecular weight is 414 g/mol. The quantitative estimate of drug-likeness (QED) is 0.611. The Labute approximate surface area is 170 Å². The van der Waals surface area contributed by atoms with Crippen LogP contribution in [0.2, 0.25) is 0 Å². The number of benzene rings is 1. The summed E-state index contributed by atoms with van der Waals surface area (Å²) in [5.41, 5.74) is 2.58. The van der Waals surface area contributed by atoms with E-state index in [0.717, 1.165) is 5.69 Å². The number of anilines is 2. The lowest BCUT2D eigenvalue weighted by Gasteiger charge is -2.14. The summed E-state index contributed by atoms with van der Waals surface area (Å²) in [7, 11) is -2.57. The van der Waals surface area contributed by atoms with E-state index in [1.165, 1.54) is 19.4 Å². The van der Waals surface area contributed by atoms with Gasteiger partial charge in [0, 0.05) is 23.5 Å². The van der Waals surface area contributed by atoms with Crippen molar-refractivity contribution in [2.75, 3.05) is 17.1 Å². The molecule has 152 valence electrons. The number of methoxy groups -OCH3 is 1. The Morgan fingerprint density at radius 1 is 1.07 bits per heavy atom. The fourth-order valence-electron chi connectivity index (χ4n) is 2.73. The molecule has 2 N–H and O–H groups in total. The van der Waals surface area contributed by atoms with Gasteiger partial charge in [-0.05, 0) is 45.0 Å². The van der Waals surface area contributed by atoms with Gasteiger partial charge in [-0.3, -0.25) is 9.71 Å². The number of aryl methyl sites for hydroxylation is 1. The van der Waals surface area contributed by atoms with Gasteiger partial charge >= 0.3 is 0 Å². The number of ether oxygens (including phenoxy) is 1. The zero-order valence-electron chi connectivity index (χ0n) is 16.7. The van der Waals surface area contributed by atoms with Crippen LogP contribution in [0.5, 0.6) is 5.88 Å². The molecule has 0 amide bonds. The molecule has 9 heteroatoms. The van der Waals surface area contributed by atoms with Gasteiger partial charge in [-0.25, -0.2) is 18.4 Å². The summed E-state index contributed by atoms with van der Waals surface area (Å²) in [5.74, 6) is 0.118. The van der Waals surface area contributed by atoms with E-state index in [1.807, 2.05) is 38.1 Å². The molecule has 0 aliphatic heterocycles. The van der Waals surface area contributed by atoms with Crippen LogP contribution in [0.3, 0.4) is 0 Å². The normalized spacial score (nSPS) is 11.3. The van der Waals surface area contributed by atoms with E-state index in [1.54, 1.807) is 19.2 Å². The fraction of sp³-hybridized carbons (Fsp3) is 0.250. The highest BCUT2D eigenvalue weighted by molar-refractivity contribution is 7.92. The minimum absolute atomic E-state index is 0.0179. The second-order valence-electron chi connectivity index (χ2n) is 6.70. The number of hydrogen-bond acceptors (Lipinski definition) is 7. The number of aromatic nitrogens is 3. The van der Waals surface area contributed by atoms with E-state index in [2.05, 4.69) is 25.0 Å². The molecule has 1 aromatic carbocycles. The average Bonchev–Trinajstić information content (AvgIpc) is 2.69. The number of pyridine rings is 1. The van der Waals surface area contributed by atoms with E-state index in [9.17, 15) is 8.42 Å². The molecule has 29 heavy (non-hydrogen) atoms. The molecule has 2 heterocycles. The first-order chi connectivity index (χ1) is 13.8. The van der Waals surface area contributed by atoms with Crippen molar-refractivity contribution < 1.29 is 13.2 Å². The summed E-state index contributed by atoms with van der Waals surface area (Å²) in [4.78, 5) is 12.6. The van der Waals surface area contributed by atoms with Crippen molar-refractivity contribution in [1.82, 2.24) is 15.0 Å². The van der Waals surface area contributed by atoms with Crippen LogP contribution in [0.15, 0.2) is 53.7 Å². The van der Waals surface area contributed by atoms with Gasteiger partial charge in [0.05, 0.1) is 24.7 Å². The molecule has 0 aliphatic rings. The van der Waals surface area contributed by atoms with Gasteiger partial charge in [-0.1, -0.05) is 12.1 Å². The summed E-state index contributed by atoms with van der Waals surface area (Å²) in [6.45, 7) is 5.83. The largest absolute Gasteiger partial charge is 0.478 e. The second kappa shape index (κ2) is 8.44. The van der Waals surface area contributed by atoms with Crippen LogP contribution in [0.1, 0.15) is 19.5 Å². The summed E-state index contributed by atoms with van der Waals surface area (Å²) in [6, 6.07) is 10.8. The molecular formula is C20H23N5O3S. The van der Waals surface area contributed by atoms with Crippen molar-refractivity contribution >= 4 is 21.5 Å². The smallest absolute Gasteiger partial charge is 0.265 e. The van der Waals surface area contributed by atoms with Crippen LogP contribution >= 0.6 is 0 Å². The van der Waals surface area contributed by atoms with E-state index >= 15 is 0 Å². The van der Waals surface area contributed by atoms with Crippen LogP contribution in [-0.2, 0) is 10.0 Å². The molecule has 0 atom stereocenters. The van der Waals surface area contributed by atoms with Crippen molar-refractivity contribution in [2.24, 2.45) is 0 Å². The highest BCUT2D eigenvalue weighted by Gasteiger charge is 2.23. The Morgan fingerprint density at radius 2 is 1.79 bits per heavy atom. The van der Waals surface area contributed by atoms with Crippen molar-refractivity contribution in [1.29, 1.82) is 0 Å². The van der Waals surface area contributed by atoms with E-state index < -0.39 is 10.0 Å². The Hall–Kier alpha value is -3.20. The maximum absolute atomic E-state index is 13.1. The lowest BCUT2D eigenvalue weighted by molar-refractivity contribution is 0.397. The fourth-order valence-corrected chi connectivity index (χ4v) is 3.92. The molecule has 0 fully saturated rings. The summed E-state index contributed by atoms with van der Waals surface area (Å²) in [6.07, 6.45) is 3.02. The van der Waals surface area contributed by atoms with Crippen LogP contribution in [0, 0.1) is 6.92 Å². The molecule has 0 saturated carbocycles. The molecule has 0 spiro atoms. The zero-order valence-corrected chi connectivity index (χ0v) is 17.5. The van der Waals surface area contributed by atoms with Gasteiger partial charge in [0.15, 0.2) is 0 Å². The summed E-state index contributed by atoms with van der Waals surface area (Å²) < 4.78 is 33.7. The Morgan fingerprint density at radius 3 is 2.45 bits per heavy atom. The second-order valence-corrected chi connectivity index (χ2v) is 8.35. The Kier molecular flexibility index (Phi) is 5.97. The number of hydrogen-bond donors (Lipinski definition) is 2. The lowest BCUT2D eigenvalue weighted by atomic mass is 10.1. The molecule has 3 aromatic rings. The highest BCUT2D eigenvalue weighted by atomic mass is 32.2. The molecule has 0 bridgehead atoms. The van der Waals surface area contributed by atoms with E-state index in [4.69, 9.17) is 4.74 Å². The van der Waals surface area contributed by atoms with Crippen molar-refractivity contribution in [3.05, 3.63) is 54.5 Å². The van der Waals surface area contributed by atoms with Gasteiger partial charge in [-0.2, -0.15) is 0 Å². The van der Waals surface area contributed by atoms with Gasteiger partial charge in [0.2, 0.25) is 5.82 Å². The van der Waals surface area contributed by atoms with Crippen LogP contribution in [-0.4, -0.2) is 36.5 Å². The topological polar surface area (TPSA) is 106 Å². The highest BCUT2D eigenvalue weighted by Crippen LogP contribution is 2.29. The predicted molar refractivity (Wildman–Crippen MR) is 113 cm³/mol. The lowest BCUT2D eigenvalue weighted by Crippen LogP contribution is -2.16. The monoisotopic (exact) mass is 413 g/mol. The van der Waals surface area contributed by atoms with E-state index in [0.29, 0.717) is 23.0 Å². The van der Waals surface area contributed by atoms with E-state index in [-0.39, 0.29) is 16.6 Å². The molecule has 2 aromatic heterocycles. The third-order valence-electron chi connectivity index (χ3n) is 3.96. The number of sulfonamides is 1. The van der Waals surface area contributed by atoms with Crippen molar-refractivity contribution in [2.45, 2.75) is 31.7 Å². The van der Waals surface area contributed by atoms with Gasteiger partial charge in [0.1, 0.15) is 4.90 Å². The standard InChI is InChI=1S/C20H23N5O3S/c1-13(2)23-16-9-7-15(8-10-16)18-17(6-5-11-21-18)29(26,27)25-19-20(28-4)24-14(3)12-22-19/h5-13,23H,1-4H3,(H,22,25). The Balaban J connectivity index is 1.97. The maximum Gasteiger partial charge on any atom is 0.265 e. The third-order valence-corrected chi connectivity index (χ3v) is 5.33. The summed E-state index contributed by atoms with van der Waals surface area (Å²) >= 11 is 0. The third kappa shape index (κ3) is 4.80. The summed E-state index contributed by atoms with van der Waals surface area (Å²) in [5, 5.41) is 3.30. The zero-order chi connectivity index (χ0) is 21.0. The van der Waals surface area contributed by atoms with Crippen molar-refractivity contribution in [3.63, 3.8) is 0 Å². The number of nitrogens with one attached hydrogen (secondary N) is 2. The first-order valence-corrected chi connectivity index (χ1v) is 10.5. The minimum atomic E-state index is -3.98. The first-order valence-electron chi connectivity index (χ1n) is 9.02. The minimum Gasteiger partial charge on any atom is -0.478 e. The van der Waals surface area contributed by atoms with Gasteiger partial charge < -0.3 is 10.1 Å². The van der Waals surface area contributed by atoms with Crippen molar-refractivity contribution in [3.8, 4) is 17.1 Å². The molecule has 0 unspecified atom stereocenters. The number of rotatable bonds is 7. The maximum atomic E-state index is 13.1. The number of nitrogens with zero attached hydrogens (tertiary/aromatic N) is 3. The predicted octanol–water partition coefficient (Wildman–Crippen LogP) is 3.48. The molecule has 0 radical (unpaired) electrons. The van der Waals surface area contributed by atoms with Crippen LogP contribution < -0.4 is 14.8 Å². The molecule has 8 nitrogen and oxygen atoms in total. The van der Waals surface area contributed by atoms with Gasteiger partial charge in [-0.15, -0.1) is 0 Å². The molecule has 0 aliphatic carbocycles. The first kappa shape index (κ1) is 20.5. The Bertz CT molecular complexity index is 1100. The van der Waals surface area contributed by atoms with Gasteiger partial charge in [0.25, 0.3) is 15.9 Å². The van der Waals surface area contributed by atoms with Crippen LogP contribution in [0.4, 0.5) is 11.5 Å². The molecule has 3 rings (SSSR count). The molecule has 0 saturated heterocycles. The molecular weight excluding hydrogens is 390 g/mol. The van der Waals surface area contributed by atoms with Crippen LogP contribution in [0.25, 0.3) is 11.3 Å².